The highest BCUT2D eigenvalue weighted by atomic mass is 14.2. The normalized spacial score (nSPS) is 11.9. The Morgan fingerprint density at radius 1 is 0.196 bits per heavy atom. The summed E-state index contributed by atoms with van der Waals surface area (Å²) in [6.45, 7) is 0. The van der Waals surface area contributed by atoms with Crippen molar-refractivity contribution in [2.24, 2.45) is 0 Å². The molecule has 0 aromatic heterocycles. The van der Waals surface area contributed by atoms with Crippen molar-refractivity contribution in [3.8, 4) is 22.3 Å². The highest BCUT2D eigenvalue weighted by molar-refractivity contribution is 6.22. The maximum atomic E-state index is 2.40. The fourth-order valence-corrected chi connectivity index (χ4v) is 7.78. The number of benzene rings is 10. The molecule has 0 spiro atoms. The second-order valence-corrected chi connectivity index (χ2v) is 12.5. The quantitative estimate of drug-likeness (QED) is 0.178. The van der Waals surface area contributed by atoms with Crippen LogP contribution in [0.1, 0.15) is 0 Å². The summed E-state index contributed by atoms with van der Waals surface area (Å²) in [7, 11) is 0. The summed E-state index contributed by atoms with van der Waals surface area (Å²) in [5, 5.41) is 18.0. The van der Waals surface area contributed by atoms with Crippen molar-refractivity contribution in [2.45, 2.75) is 0 Å². The predicted molar refractivity (Wildman–Crippen MR) is 200 cm³/mol. The van der Waals surface area contributed by atoms with Crippen LogP contribution in [-0.2, 0) is 0 Å². The second-order valence-electron chi connectivity index (χ2n) is 12.5. The van der Waals surface area contributed by atoms with Gasteiger partial charge in [0.15, 0.2) is 0 Å². The Hall–Kier alpha value is -5.98. The first-order chi connectivity index (χ1) is 22.8. The SMILES string of the molecule is c1ccc2c(c1)ccc1c3ccccc3c(-c3ccc4cc(-c5cc6c7ccccc7ccc6c6ccccc56)ccc4c3)cc21. The van der Waals surface area contributed by atoms with Crippen LogP contribution in [0.25, 0.3) is 97.7 Å². The molecular formula is C46H28. The van der Waals surface area contributed by atoms with Crippen molar-refractivity contribution in [3.05, 3.63) is 170 Å². The molecule has 46 heavy (non-hydrogen) atoms. The molecule has 0 aliphatic rings. The molecular weight excluding hydrogens is 553 g/mol. The molecule has 0 saturated carbocycles. The van der Waals surface area contributed by atoms with Crippen LogP contribution in [0, 0.1) is 0 Å². The van der Waals surface area contributed by atoms with E-state index in [-0.39, 0.29) is 0 Å². The van der Waals surface area contributed by atoms with Gasteiger partial charge in [0, 0.05) is 0 Å². The maximum absolute atomic E-state index is 2.40. The van der Waals surface area contributed by atoms with Gasteiger partial charge in [-0.15, -0.1) is 0 Å². The van der Waals surface area contributed by atoms with Gasteiger partial charge in [-0.3, -0.25) is 0 Å². The van der Waals surface area contributed by atoms with Gasteiger partial charge in [-0.05, 0) is 122 Å². The van der Waals surface area contributed by atoms with Gasteiger partial charge in [0.05, 0.1) is 0 Å². The molecule has 0 aliphatic carbocycles. The van der Waals surface area contributed by atoms with E-state index in [1.54, 1.807) is 0 Å². The largest absolute Gasteiger partial charge is 0.0616 e. The molecule has 0 heterocycles. The number of hydrogen-bond donors (Lipinski definition) is 0. The Morgan fingerprint density at radius 3 is 1.00 bits per heavy atom. The van der Waals surface area contributed by atoms with E-state index in [0.717, 1.165) is 0 Å². The monoisotopic (exact) mass is 580 g/mol. The van der Waals surface area contributed by atoms with Gasteiger partial charge in [-0.2, -0.15) is 0 Å². The van der Waals surface area contributed by atoms with Crippen LogP contribution >= 0.6 is 0 Å². The van der Waals surface area contributed by atoms with Crippen molar-refractivity contribution >= 4 is 75.4 Å². The zero-order chi connectivity index (χ0) is 30.2. The van der Waals surface area contributed by atoms with Gasteiger partial charge in [-0.1, -0.05) is 146 Å². The molecule has 212 valence electrons. The highest BCUT2D eigenvalue weighted by Crippen LogP contribution is 2.41. The summed E-state index contributed by atoms with van der Waals surface area (Å²) in [5.41, 5.74) is 5.04. The lowest BCUT2D eigenvalue weighted by atomic mass is 9.89. The third-order valence-corrected chi connectivity index (χ3v) is 10.00. The molecule has 0 nitrogen and oxygen atoms in total. The van der Waals surface area contributed by atoms with Crippen LogP contribution in [0.3, 0.4) is 0 Å². The molecule has 0 atom stereocenters. The van der Waals surface area contributed by atoms with Gasteiger partial charge < -0.3 is 0 Å². The number of fused-ring (bicyclic) bond motifs is 11. The first kappa shape index (κ1) is 25.4. The minimum absolute atomic E-state index is 1.24. The van der Waals surface area contributed by atoms with Gasteiger partial charge >= 0.3 is 0 Å². The van der Waals surface area contributed by atoms with Gasteiger partial charge in [0.25, 0.3) is 0 Å². The van der Waals surface area contributed by atoms with E-state index in [0.29, 0.717) is 0 Å². The molecule has 10 aromatic rings. The Morgan fingerprint density at radius 2 is 0.543 bits per heavy atom. The van der Waals surface area contributed by atoms with Crippen LogP contribution < -0.4 is 0 Å². The average molecular weight is 581 g/mol. The van der Waals surface area contributed by atoms with Gasteiger partial charge in [0.2, 0.25) is 0 Å². The summed E-state index contributed by atoms with van der Waals surface area (Å²) in [6, 6.07) is 62.9. The standard InChI is InChI=1S/C46H28/c1-3-11-35-29(9-1)21-23-41-37-13-5-7-15-39(37)43(27-45(35)41)33-19-17-32-26-34(20-18-31(32)25-33)44-28-46-36-12-4-2-10-30(36)22-24-42(46)38-14-6-8-16-40(38)44/h1-28H. The van der Waals surface area contributed by atoms with E-state index in [4.69, 9.17) is 0 Å². The molecule has 0 aliphatic heterocycles. The highest BCUT2D eigenvalue weighted by Gasteiger charge is 2.14. The molecule has 10 rings (SSSR count). The summed E-state index contributed by atoms with van der Waals surface area (Å²) in [6.07, 6.45) is 0. The lowest BCUT2D eigenvalue weighted by Crippen LogP contribution is -1.88. The Labute approximate surface area is 266 Å². The molecule has 10 aromatic carbocycles. The summed E-state index contributed by atoms with van der Waals surface area (Å²) < 4.78 is 0. The lowest BCUT2D eigenvalue weighted by molar-refractivity contribution is 1.68. The number of hydrogen-bond acceptors (Lipinski definition) is 0. The zero-order valence-electron chi connectivity index (χ0n) is 25.2. The van der Waals surface area contributed by atoms with E-state index in [9.17, 15) is 0 Å². The van der Waals surface area contributed by atoms with E-state index in [1.165, 1.54) is 97.7 Å². The third-order valence-electron chi connectivity index (χ3n) is 10.00. The summed E-state index contributed by atoms with van der Waals surface area (Å²) >= 11 is 0. The molecule has 0 saturated heterocycles. The van der Waals surface area contributed by atoms with E-state index >= 15 is 0 Å². The topological polar surface area (TPSA) is 0 Å². The Balaban J connectivity index is 1.18. The van der Waals surface area contributed by atoms with Crippen LogP contribution in [0.5, 0.6) is 0 Å². The smallest absolute Gasteiger partial charge is 0.00928 e. The van der Waals surface area contributed by atoms with Crippen LogP contribution in [-0.4, -0.2) is 0 Å². The average Bonchev–Trinajstić information content (AvgIpc) is 3.13. The molecule has 0 unspecified atom stereocenters. The van der Waals surface area contributed by atoms with Crippen LogP contribution in [0.15, 0.2) is 170 Å². The van der Waals surface area contributed by atoms with E-state index < -0.39 is 0 Å². The van der Waals surface area contributed by atoms with Gasteiger partial charge in [-0.25, -0.2) is 0 Å². The molecule has 0 N–H and O–H groups in total. The summed E-state index contributed by atoms with van der Waals surface area (Å²) in [5.74, 6) is 0. The van der Waals surface area contributed by atoms with E-state index in [1.807, 2.05) is 0 Å². The summed E-state index contributed by atoms with van der Waals surface area (Å²) in [4.78, 5) is 0. The maximum Gasteiger partial charge on any atom is -0.00928 e. The minimum atomic E-state index is 1.24. The molecule has 0 radical (unpaired) electrons. The van der Waals surface area contributed by atoms with Crippen molar-refractivity contribution in [2.75, 3.05) is 0 Å². The molecule has 0 bridgehead atoms. The van der Waals surface area contributed by atoms with Crippen molar-refractivity contribution < 1.29 is 0 Å². The zero-order valence-corrected chi connectivity index (χ0v) is 25.2. The molecule has 0 amide bonds. The Kier molecular flexibility index (Phi) is 5.38. The second kappa shape index (κ2) is 9.76. The molecule has 0 heteroatoms. The van der Waals surface area contributed by atoms with Crippen molar-refractivity contribution in [1.29, 1.82) is 0 Å². The lowest BCUT2D eigenvalue weighted by Gasteiger charge is -2.15. The number of rotatable bonds is 2. The van der Waals surface area contributed by atoms with Crippen molar-refractivity contribution in [1.82, 2.24) is 0 Å². The van der Waals surface area contributed by atoms with Crippen LogP contribution in [0.4, 0.5) is 0 Å². The first-order valence-corrected chi connectivity index (χ1v) is 16.0. The fourth-order valence-electron chi connectivity index (χ4n) is 7.78. The van der Waals surface area contributed by atoms with Crippen molar-refractivity contribution in [3.63, 3.8) is 0 Å². The third kappa shape index (κ3) is 3.74. The fraction of sp³-hybridized carbons (Fsp3) is 0. The predicted octanol–water partition coefficient (Wildman–Crippen LogP) is 13.1. The Bertz CT molecular complexity index is 2660. The van der Waals surface area contributed by atoms with Crippen LogP contribution in [0.2, 0.25) is 0 Å². The first-order valence-electron chi connectivity index (χ1n) is 16.0. The van der Waals surface area contributed by atoms with Gasteiger partial charge in [0.1, 0.15) is 0 Å². The van der Waals surface area contributed by atoms with E-state index in [2.05, 4.69) is 170 Å². The minimum Gasteiger partial charge on any atom is -0.0616 e. The molecule has 0 fully saturated rings.